The number of hydrogen-bond acceptors (Lipinski definition) is 6. The Labute approximate surface area is 127 Å². The van der Waals surface area contributed by atoms with Gasteiger partial charge in [0.2, 0.25) is 0 Å². The SMILES string of the molecule is c1ccc([C@H]2OCC[C@@H]2CNc2ccc3nnnn3n2)cc1. The summed E-state index contributed by atoms with van der Waals surface area (Å²) < 4.78 is 7.32. The van der Waals surface area contributed by atoms with E-state index in [0.29, 0.717) is 11.6 Å². The Kier molecular flexibility index (Phi) is 3.40. The number of fused-ring (bicyclic) bond motifs is 1. The van der Waals surface area contributed by atoms with Crippen molar-refractivity contribution in [2.45, 2.75) is 12.5 Å². The van der Waals surface area contributed by atoms with Crippen LogP contribution in [0.3, 0.4) is 0 Å². The average Bonchev–Trinajstić information content (AvgIpc) is 3.22. The molecule has 4 rings (SSSR count). The highest BCUT2D eigenvalue weighted by atomic mass is 16.5. The molecule has 7 heteroatoms. The van der Waals surface area contributed by atoms with Gasteiger partial charge >= 0.3 is 0 Å². The molecule has 3 aromatic rings. The van der Waals surface area contributed by atoms with Crippen molar-refractivity contribution in [1.82, 2.24) is 25.3 Å². The molecule has 0 bridgehead atoms. The fourth-order valence-corrected chi connectivity index (χ4v) is 2.83. The first kappa shape index (κ1) is 13.1. The van der Waals surface area contributed by atoms with Crippen LogP contribution in [-0.4, -0.2) is 38.4 Å². The van der Waals surface area contributed by atoms with E-state index in [4.69, 9.17) is 4.74 Å². The van der Waals surface area contributed by atoms with E-state index in [0.717, 1.165) is 25.4 Å². The molecule has 22 heavy (non-hydrogen) atoms. The highest BCUT2D eigenvalue weighted by Crippen LogP contribution is 2.34. The van der Waals surface area contributed by atoms with Gasteiger partial charge in [-0.1, -0.05) is 30.3 Å². The lowest BCUT2D eigenvalue weighted by Crippen LogP contribution is -2.18. The number of aromatic nitrogens is 5. The van der Waals surface area contributed by atoms with Gasteiger partial charge in [0.1, 0.15) is 5.82 Å². The predicted molar refractivity (Wildman–Crippen MR) is 80.3 cm³/mol. The fraction of sp³-hybridized carbons (Fsp3) is 0.333. The van der Waals surface area contributed by atoms with Crippen molar-refractivity contribution in [3.8, 4) is 0 Å². The van der Waals surface area contributed by atoms with E-state index in [2.05, 4.69) is 50.2 Å². The second-order valence-electron chi connectivity index (χ2n) is 5.38. The molecular weight excluding hydrogens is 280 g/mol. The molecular formula is C15H16N6O. The van der Waals surface area contributed by atoms with Gasteiger partial charge in [0, 0.05) is 19.1 Å². The molecule has 0 radical (unpaired) electrons. The van der Waals surface area contributed by atoms with E-state index in [-0.39, 0.29) is 6.10 Å². The van der Waals surface area contributed by atoms with Gasteiger partial charge in [0.15, 0.2) is 5.65 Å². The molecule has 1 aliphatic rings. The van der Waals surface area contributed by atoms with Gasteiger partial charge in [0.25, 0.3) is 0 Å². The van der Waals surface area contributed by atoms with E-state index in [1.807, 2.05) is 18.2 Å². The van der Waals surface area contributed by atoms with Crippen LogP contribution in [0.5, 0.6) is 0 Å². The van der Waals surface area contributed by atoms with Crippen molar-refractivity contribution < 1.29 is 4.74 Å². The highest BCUT2D eigenvalue weighted by molar-refractivity contribution is 5.42. The Balaban J connectivity index is 1.46. The number of anilines is 1. The van der Waals surface area contributed by atoms with Crippen molar-refractivity contribution in [3.05, 3.63) is 48.0 Å². The number of nitrogens with zero attached hydrogens (tertiary/aromatic N) is 5. The second-order valence-corrected chi connectivity index (χ2v) is 5.38. The standard InChI is InChI=1S/C15H16N6O/c1-2-4-11(5-3-1)15-12(8-9-22-15)10-16-13-6-7-14-17-19-20-21(14)18-13/h1-7,12,15H,8-10H2,(H,16,18)/t12-,15-/m1/s1. The zero-order valence-electron chi connectivity index (χ0n) is 12.0. The van der Waals surface area contributed by atoms with Crippen LogP contribution in [-0.2, 0) is 4.74 Å². The zero-order chi connectivity index (χ0) is 14.8. The maximum absolute atomic E-state index is 5.90. The molecule has 0 saturated carbocycles. The Morgan fingerprint density at radius 1 is 1.18 bits per heavy atom. The number of ether oxygens (including phenoxy) is 1. The third-order valence-electron chi connectivity index (χ3n) is 3.96. The Bertz CT molecular complexity index is 759. The van der Waals surface area contributed by atoms with Crippen molar-refractivity contribution in [3.63, 3.8) is 0 Å². The lowest BCUT2D eigenvalue weighted by atomic mass is 9.95. The zero-order valence-corrected chi connectivity index (χ0v) is 12.0. The summed E-state index contributed by atoms with van der Waals surface area (Å²) in [6.07, 6.45) is 1.19. The van der Waals surface area contributed by atoms with Crippen molar-refractivity contribution in [2.75, 3.05) is 18.5 Å². The summed E-state index contributed by atoms with van der Waals surface area (Å²) in [5.41, 5.74) is 1.87. The van der Waals surface area contributed by atoms with Crippen molar-refractivity contribution >= 4 is 11.5 Å². The maximum Gasteiger partial charge on any atom is 0.200 e. The Morgan fingerprint density at radius 2 is 2.09 bits per heavy atom. The van der Waals surface area contributed by atoms with E-state index >= 15 is 0 Å². The highest BCUT2D eigenvalue weighted by Gasteiger charge is 2.29. The topological polar surface area (TPSA) is 77.2 Å². The summed E-state index contributed by atoms with van der Waals surface area (Å²) in [6, 6.07) is 14.1. The average molecular weight is 296 g/mol. The summed E-state index contributed by atoms with van der Waals surface area (Å²) >= 11 is 0. The van der Waals surface area contributed by atoms with Gasteiger partial charge in [-0.25, -0.2) is 0 Å². The number of nitrogens with one attached hydrogen (secondary N) is 1. The summed E-state index contributed by atoms with van der Waals surface area (Å²) in [6.45, 7) is 1.60. The van der Waals surface area contributed by atoms with Crippen LogP contribution in [0.4, 0.5) is 5.82 Å². The minimum atomic E-state index is 0.144. The quantitative estimate of drug-likeness (QED) is 0.789. The lowest BCUT2D eigenvalue weighted by molar-refractivity contribution is 0.0933. The van der Waals surface area contributed by atoms with Crippen LogP contribution < -0.4 is 5.32 Å². The minimum absolute atomic E-state index is 0.144. The van der Waals surface area contributed by atoms with Crippen LogP contribution in [0.2, 0.25) is 0 Å². The van der Waals surface area contributed by atoms with Crippen LogP contribution in [0.1, 0.15) is 18.1 Å². The first-order valence-electron chi connectivity index (χ1n) is 7.36. The summed E-state index contributed by atoms with van der Waals surface area (Å²) in [7, 11) is 0. The van der Waals surface area contributed by atoms with E-state index in [1.54, 1.807) is 0 Å². The van der Waals surface area contributed by atoms with Crippen LogP contribution >= 0.6 is 0 Å². The molecule has 0 aliphatic carbocycles. The molecule has 112 valence electrons. The van der Waals surface area contributed by atoms with Crippen molar-refractivity contribution in [2.24, 2.45) is 5.92 Å². The number of tetrazole rings is 1. The van der Waals surface area contributed by atoms with Gasteiger partial charge in [-0.3, -0.25) is 0 Å². The molecule has 2 atom stereocenters. The van der Waals surface area contributed by atoms with Gasteiger partial charge < -0.3 is 10.1 Å². The van der Waals surface area contributed by atoms with Gasteiger partial charge in [0.05, 0.1) is 6.10 Å². The molecule has 3 heterocycles. The maximum atomic E-state index is 5.90. The molecule has 0 spiro atoms. The van der Waals surface area contributed by atoms with E-state index in [9.17, 15) is 0 Å². The third kappa shape index (κ3) is 2.50. The van der Waals surface area contributed by atoms with Crippen molar-refractivity contribution in [1.29, 1.82) is 0 Å². The molecule has 0 unspecified atom stereocenters. The van der Waals surface area contributed by atoms with Gasteiger partial charge in [-0.05, 0) is 34.5 Å². The largest absolute Gasteiger partial charge is 0.373 e. The van der Waals surface area contributed by atoms with Crippen LogP contribution in [0, 0.1) is 5.92 Å². The van der Waals surface area contributed by atoms with Gasteiger partial charge in [-0.2, -0.15) is 0 Å². The Hall–Kier alpha value is -2.54. The molecule has 1 aliphatic heterocycles. The Morgan fingerprint density at radius 3 is 3.00 bits per heavy atom. The van der Waals surface area contributed by atoms with E-state index < -0.39 is 0 Å². The predicted octanol–water partition coefficient (Wildman–Crippen LogP) is 1.71. The monoisotopic (exact) mass is 296 g/mol. The minimum Gasteiger partial charge on any atom is -0.373 e. The molecule has 1 aromatic carbocycles. The summed E-state index contributed by atoms with van der Waals surface area (Å²) in [5, 5.41) is 18.9. The molecule has 7 nitrogen and oxygen atoms in total. The molecule has 1 fully saturated rings. The van der Waals surface area contributed by atoms with Gasteiger partial charge in [-0.15, -0.1) is 14.8 Å². The molecule has 1 N–H and O–H groups in total. The fourth-order valence-electron chi connectivity index (χ4n) is 2.83. The number of benzene rings is 1. The molecule has 0 amide bonds. The number of hydrogen-bond donors (Lipinski definition) is 1. The lowest BCUT2D eigenvalue weighted by Gasteiger charge is -2.19. The molecule has 1 saturated heterocycles. The normalized spacial score (nSPS) is 21.3. The number of rotatable bonds is 4. The second kappa shape index (κ2) is 5.69. The third-order valence-corrected chi connectivity index (χ3v) is 3.96. The van der Waals surface area contributed by atoms with Crippen LogP contribution in [0.25, 0.3) is 5.65 Å². The molecule has 2 aromatic heterocycles. The first-order chi connectivity index (χ1) is 10.9. The summed E-state index contributed by atoms with van der Waals surface area (Å²) in [4.78, 5) is 0. The van der Waals surface area contributed by atoms with E-state index in [1.165, 1.54) is 10.2 Å². The summed E-state index contributed by atoms with van der Waals surface area (Å²) in [5.74, 6) is 1.19. The first-order valence-corrected chi connectivity index (χ1v) is 7.36. The van der Waals surface area contributed by atoms with Crippen LogP contribution in [0.15, 0.2) is 42.5 Å². The smallest absolute Gasteiger partial charge is 0.200 e.